The third-order valence-corrected chi connectivity index (χ3v) is 4.78. The lowest BCUT2D eigenvalue weighted by molar-refractivity contribution is 1.15. The smallest absolute Gasteiger partial charge is 0.190 e. The molecule has 3 aromatic rings. The predicted octanol–water partition coefficient (Wildman–Crippen LogP) is 4.80. The Hall–Kier alpha value is -1.17. The van der Waals surface area contributed by atoms with E-state index in [1.54, 1.807) is 22.7 Å². The Bertz CT molecular complexity index is 705. The number of aromatic nitrogens is 2. The van der Waals surface area contributed by atoms with E-state index in [1.165, 1.54) is 10.3 Å². The molecule has 0 amide bonds. The van der Waals surface area contributed by atoms with Gasteiger partial charge in [0.15, 0.2) is 10.3 Å². The molecule has 0 aliphatic carbocycles. The van der Waals surface area contributed by atoms with Gasteiger partial charge in [0.05, 0.1) is 21.8 Å². The number of hydrogen-bond acceptors (Lipinski definition) is 5. The second-order valence-corrected chi connectivity index (χ2v) is 6.23. The minimum Gasteiger partial charge on any atom is -0.307 e. The molecular formula is C13H12ClN3S2. The zero-order valence-electron chi connectivity index (χ0n) is 10.3. The number of halogens is 1. The zero-order chi connectivity index (χ0) is 13.2. The SMILES string of the molecule is CCc1ccc2nc(Nc3nc(CCl)cs3)sc2c1. The number of hydrogen-bond donors (Lipinski definition) is 1. The number of thiazole rings is 2. The molecule has 0 saturated heterocycles. The van der Waals surface area contributed by atoms with E-state index < -0.39 is 0 Å². The normalized spacial score (nSPS) is 11.1. The summed E-state index contributed by atoms with van der Waals surface area (Å²) in [7, 11) is 0. The number of rotatable bonds is 4. The van der Waals surface area contributed by atoms with Crippen LogP contribution >= 0.6 is 34.3 Å². The summed E-state index contributed by atoms with van der Waals surface area (Å²) in [5.74, 6) is 0.442. The first kappa shape index (κ1) is 12.8. The average Bonchev–Trinajstić information content (AvgIpc) is 3.03. The first-order valence-corrected chi connectivity index (χ1v) is 8.18. The van der Waals surface area contributed by atoms with Gasteiger partial charge >= 0.3 is 0 Å². The third kappa shape index (κ3) is 2.73. The topological polar surface area (TPSA) is 37.8 Å². The van der Waals surface area contributed by atoms with E-state index in [4.69, 9.17) is 11.6 Å². The van der Waals surface area contributed by atoms with Crippen molar-refractivity contribution < 1.29 is 0 Å². The van der Waals surface area contributed by atoms with Gasteiger partial charge in [-0.2, -0.15) is 0 Å². The molecule has 0 fully saturated rings. The van der Waals surface area contributed by atoms with Gasteiger partial charge in [-0.05, 0) is 24.1 Å². The number of aryl methyl sites for hydroxylation is 1. The molecule has 98 valence electrons. The summed E-state index contributed by atoms with van der Waals surface area (Å²) in [5.41, 5.74) is 3.25. The quantitative estimate of drug-likeness (QED) is 0.704. The Balaban J connectivity index is 1.88. The highest BCUT2D eigenvalue weighted by Gasteiger charge is 2.07. The molecule has 2 aromatic heterocycles. The van der Waals surface area contributed by atoms with Crippen LogP contribution in [-0.2, 0) is 12.3 Å². The van der Waals surface area contributed by atoms with Crippen LogP contribution in [-0.4, -0.2) is 9.97 Å². The van der Waals surface area contributed by atoms with Crippen LogP contribution in [0, 0.1) is 0 Å². The highest BCUT2D eigenvalue weighted by molar-refractivity contribution is 7.22. The Morgan fingerprint density at radius 2 is 2.16 bits per heavy atom. The number of alkyl halides is 1. The molecule has 0 radical (unpaired) electrons. The van der Waals surface area contributed by atoms with Gasteiger partial charge in [0, 0.05) is 5.38 Å². The van der Waals surface area contributed by atoms with Crippen molar-refractivity contribution in [3.05, 3.63) is 34.8 Å². The molecule has 2 heterocycles. The van der Waals surface area contributed by atoms with E-state index in [2.05, 4.69) is 40.4 Å². The second-order valence-electron chi connectivity index (χ2n) is 4.08. The molecular weight excluding hydrogens is 298 g/mol. The van der Waals surface area contributed by atoms with Gasteiger partial charge in [0.25, 0.3) is 0 Å². The summed E-state index contributed by atoms with van der Waals surface area (Å²) in [6.45, 7) is 2.16. The molecule has 19 heavy (non-hydrogen) atoms. The van der Waals surface area contributed by atoms with Crippen molar-refractivity contribution in [1.29, 1.82) is 0 Å². The molecule has 3 rings (SSSR count). The van der Waals surface area contributed by atoms with Gasteiger partial charge < -0.3 is 5.32 Å². The van der Waals surface area contributed by atoms with Gasteiger partial charge in [-0.3, -0.25) is 0 Å². The summed E-state index contributed by atoms with van der Waals surface area (Å²) >= 11 is 8.94. The van der Waals surface area contributed by atoms with Crippen LogP contribution in [0.1, 0.15) is 18.2 Å². The molecule has 0 unspecified atom stereocenters. The van der Waals surface area contributed by atoms with Gasteiger partial charge in [-0.25, -0.2) is 9.97 Å². The van der Waals surface area contributed by atoms with E-state index in [1.807, 2.05) is 5.38 Å². The van der Waals surface area contributed by atoms with E-state index in [0.717, 1.165) is 27.9 Å². The fraction of sp³-hybridized carbons (Fsp3) is 0.231. The predicted molar refractivity (Wildman–Crippen MR) is 84.0 cm³/mol. The van der Waals surface area contributed by atoms with Gasteiger partial charge in [-0.15, -0.1) is 22.9 Å². The lowest BCUT2D eigenvalue weighted by Gasteiger charge is -1.94. The summed E-state index contributed by atoms with van der Waals surface area (Å²) in [6, 6.07) is 6.40. The Labute approximate surface area is 124 Å². The van der Waals surface area contributed by atoms with Crippen molar-refractivity contribution in [3.8, 4) is 0 Å². The maximum Gasteiger partial charge on any atom is 0.190 e. The van der Waals surface area contributed by atoms with Crippen LogP contribution in [0.5, 0.6) is 0 Å². The molecule has 0 saturated carbocycles. The molecule has 0 bridgehead atoms. The summed E-state index contributed by atoms with van der Waals surface area (Å²) in [6.07, 6.45) is 1.04. The van der Waals surface area contributed by atoms with Gasteiger partial charge in [0.1, 0.15) is 0 Å². The molecule has 1 aromatic carbocycles. The molecule has 0 aliphatic heterocycles. The first-order valence-electron chi connectivity index (χ1n) is 5.95. The van der Waals surface area contributed by atoms with Crippen LogP contribution in [0.2, 0.25) is 0 Å². The van der Waals surface area contributed by atoms with E-state index in [-0.39, 0.29) is 0 Å². The molecule has 6 heteroatoms. The first-order chi connectivity index (χ1) is 9.28. The van der Waals surface area contributed by atoms with Crippen LogP contribution in [0.3, 0.4) is 0 Å². The molecule has 0 aliphatic rings. The van der Waals surface area contributed by atoms with E-state index in [0.29, 0.717) is 5.88 Å². The fourth-order valence-corrected chi connectivity index (χ4v) is 3.69. The van der Waals surface area contributed by atoms with Crippen LogP contribution in [0.4, 0.5) is 10.3 Å². The van der Waals surface area contributed by atoms with Crippen LogP contribution < -0.4 is 5.32 Å². The Kier molecular flexibility index (Phi) is 3.68. The minimum absolute atomic E-state index is 0.442. The molecule has 1 N–H and O–H groups in total. The molecule has 0 spiro atoms. The molecule has 0 atom stereocenters. The van der Waals surface area contributed by atoms with Gasteiger partial charge in [0.2, 0.25) is 0 Å². The summed E-state index contributed by atoms with van der Waals surface area (Å²) in [4.78, 5) is 8.93. The number of nitrogens with one attached hydrogen (secondary N) is 1. The van der Waals surface area contributed by atoms with E-state index in [9.17, 15) is 0 Å². The lowest BCUT2D eigenvalue weighted by Crippen LogP contribution is -1.88. The number of fused-ring (bicyclic) bond motifs is 1. The standard InChI is InChI=1S/C13H12ClN3S2/c1-2-8-3-4-10-11(5-8)19-13(16-10)17-12-15-9(6-14)7-18-12/h3-5,7H,2,6H2,1H3,(H,15,16,17). The average molecular weight is 310 g/mol. The third-order valence-electron chi connectivity index (χ3n) is 2.76. The van der Waals surface area contributed by atoms with Crippen molar-refractivity contribution in [3.63, 3.8) is 0 Å². The van der Waals surface area contributed by atoms with Crippen molar-refractivity contribution in [2.24, 2.45) is 0 Å². The lowest BCUT2D eigenvalue weighted by atomic mass is 10.2. The largest absolute Gasteiger partial charge is 0.307 e. The minimum atomic E-state index is 0.442. The number of anilines is 2. The second kappa shape index (κ2) is 5.45. The van der Waals surface area contributed by atoms with E-state index >= 15 is 0 Å². The molecule has 3 nitrogen and oxygen atoms in total. The number of benzene rings is 1. The van der Waals surface area contributed by atoms with Gasteiger partial charge in [-0.1, -0.05) is 24.3 Å². The fourth-order valence-electron chi connectivity index (χ4n) is 1.76. The summed E-state index contributed by atoms with van der Waals surface area (Å²) in [5, 5.41) is 6.91. The highest BCUT2D eigenvalue weighted by Crippen LogP contribution is 2.30. The number of nitrogens with zero attached hydrogens (tertiary/aromatic N) is 2. The highest BCUT2D eigenvalue weighted by atomic mass is 35.5. The Morgan fingerprint density at radius 1 is 1.26 bits per heavy atom. The van der Waals surface area contributed by atoms with Crippen LogP contribution in [0.25, 0.3) is 10.2 Å². The monoisotopic (exact) mass is 309 g/mol. The maximum atomic E-state index is 5.74. The van der Waals surface area contributed by atoms with Crippen LogP contribution in [0.15, 0.2) is 23.6 Å². The van der Waals surface area contributed by atoms with Crippen molar-refractivity contribution in [2.75, 3.05) is 5.32 Å². The summed E-state index contributed by atoms with van der Waals surface area (Å²) < 4.78 is 1.20. The van der Waals surface area contributed by atoms with Crippen molar-refractivity contribution in [1.82, 2.24) is 9.97 Å². The van der Waals surface area contributed by atoms with Crippen molar-refractivity contribution >= 4 is 54.8 Å². The Morgan fingerprint density at radius 3 is 2.89 bits per heavy atom. The maximum absolute atomic E-state index is 5.74. The van der Waals surface area contributed by atoms with Crippen molar-refractivity contribution in [2.45, 2.75) is 19.2 Å². The zero-order valence-corrected chi connectivity index (χ0v) is 12.7.